The average molecular weight is 362 g/mol. The zero-order chi connectivity index (χ0) is 14.8. The average Bonchev–Trinajstić information content (AvgIpc) is 3.20. The molecule has 1 aromatic rings. The number of carbonyl (C=O) groups is 1. The van der Waals surface area contributed by atoms with Gasteiger partial charge in [0.1, 0.15) is 6.54 Å². The number of nitrogens with zero attached hydrogens (tertiary/aromatic N) is 1. The van der Waals surface area contributed by atoms with Crippen LogP contribution in [0.3, 0.4) is 0 Å². The number of hydrogen-bond donors (Lipinski definition) is 0. The van der Waals surface area contributed by atoms with Crippen molar-refractivity contribution in [3.8, 4) is 0 Å². The van der Waals surface area contributed by atoms with Crippen molar-refractivity contribution < 1.29 is 17.9 Å². The molecule has 0 heterocycles. The second-order valence-corrected chi connectivity index (χ2v) is 7.23. The fourth-order valence-corrected chi connectivity index (χ4v) is 4.48. The van der Waals surface area contributed by atoms with Crippen LogP contribution >= 0.6 is 15.9 Å². The largest absolute Gasteiger partial charge is 0.465 e. The molecule has 1 aliphatic rings. The van der Waals surface area contributed by atoms with E-state index in [9.17, 15) is 13.2 Å². The Kier molecular flexibility index (Phi) is 4.82. The molecule has 0 radical (unpaired) electrons. The van der Waals surface area contributed by atoms with E-state index in [1.807, 2.05) is 0 Å². The highest BCUT2D eigenvalue weighted by Crippen LogP contribution is 2.34. The number of esters is 1. The lowest BCUT2D eigenvalue weighted by atomic mass is 10.4. The van der Waals surface area contributed by atoms with E-state index >= 15 is 0 Å². The second kappa shape index (κ2) is 6.24. The van der Waals surface area contributed by atoms with Crippen LogP contribution < -0.4 is 0 Å². The number of hydrogen-bond acceptors (Lipinski definition) is 4. The van der Waals surface area contributed by atoms with Gasteiger partial charge in [-0.25, -0.2) is 8.42 Å². The molecule has 0 atom stereocenters. The van der Waals surface area contributed by atoms with Crippen LogP contribution in [0.25, 0.3) is 0 Å². The van der Waals surface area contributed by atoms with E-state index in [2.05, 4.69) is 15.9 Å². The van der Waals surface area contributed by atoms with Gasteiger partial charge in [0.15, 0.2) is 0 Å². The number of halogens is 1. The molecular formula is C13H16BrNO4S. The molecule has 1 aliphatic carbocycles. The van der Waals surface area contributed by atoms with Crippen LogP contribution in [0.4, 0.5) is 0 Å². The van der Waals surface area contributed by atoms with E-state index in [0.717, 1.165) is 12.8 Å². The van der Waals surface area contributed by atoms with Crippen LogP contribution in [0.1, 0.15) is 19.8 Å². The van der Waals surface area contributed by atoms with Crippen molar-refractivity contribution in [3.63, 3.8) is 0 Å². The lowest BCUT2D eigenvalue weighted by Gasteiger charge is -2.21. The van der Waals surface area contributed by atoms with Gasteiger partial charge in [-0.2, -0.15) is 4.31 Å². The summed E-state index contributed by atoms with van der Waals surface area (Å²) in [6.45, 7) is 1.70. The molecule has 1 saturated carbocycles. The quantitative estimate of drug-likeness (QED) is 0.728. The van der Waals surface area contributed by atoms with Gasteiger partial charge in [0, 0.05) is 10.5 Å². The van der Waals surface area contributed by atoms with Crippen molar-refractivity contribution >= 4 is 31.9 Å². The third kappa shape index (κ3) is 3.39. The summed E-state index contributed by atoms with van der Waals surface area (Å²) in [6, 6.07) is 6.50. The van der Waals surface area contributed by atoms with E-state index in [0.29, 0.717) is 4.47 Å². The van der Waals surface area contributed by atoms with Crippen LogP contribution in [-0.4, -0.2) is 37.9 Å². The van der Waals surface area contributed by atoms with Crippen LogP contribution in [0.15, 0.2) is 33.6 Å². The maximum atomic E-state index is 12.7. The zero-order valence-corrected chi connectivity index (χ0v) is 13.5. The Morgan fingerprint density at radius 3 is 2.60 bits per heavy atom. The molecule has 0 unspecified atom stereocenters. The standard InChI is InChI=1S/C13H16BrNO4S/c1-2-19-13(16)9-15(10-7-8-10)20(17,18)12-6-4-3-5-11(12)14/h3-6,10H,2,7-9H2,1H3. The predicted octanol–water partition coefficient (Wildman–Crippen LogP) is 2.17. The van der Waals surface area contributed by atoms with Crippen LogP contribution in [-0.2, 0) is 19.6 Å². The second-order valence-electron chi connectivity index (χ2n) is 4.52. The minimum absolute atomic E-state index is 0.100. The molecule has 5 nitrogen and oxygen atoms in total. The summed E-state index contributed by atoms with van der Waals surface area (Å²) >= 11 is 3.24. The summed E-state index contributed by atoms with van der Waals surface area (Å²) in [7, 11) is -3.70. The molecule has 0 aromatic heterocycles. The molecule has 7 heteroatoms. The smallest absolute Gasteiger partial charge is 0.321 e. The molecule has 0 spiro atoms. The molecule has 0 bridgehead atoms. The van der Waals surface area contributed by atoms with Crippen LogP contribution in [0, 0.1) is 0 Å². The molecule has 0 saturated heterocycles. The molecular weight excluding hydrogens is 346 g/mol. The van der Waals surface area contributed by atoms with Gasteiger partial charge in [-0.15, -0.1) is 0 Å². The van der Waals surface area contributed by atoms with Crippen molar-refractivity contribution in [2.45, 2.75) is 30.7 Å². The first-order valence-corrected chi connectivity index (χ1v) is 8.62. The van der Waals surface area contributed by atoms with Gasteiger partial charge in [0.25, 0.3) is 0 Å². The van der Waals surface area contributed by atoms with Gasteiger partial charge in [0.2, 0.25) is 10.0 Å². The normalized spacial score (nSPS) is 15.3. The Morgan fingerprint density at radius 1 is 1.40 bits per heavy atom. The van der Waals surface area contributed by atoms with Crippen molar-refractivity contribution in [1.29, 1.82) is 0 Å². The zero-order valence-electron chi connectivity index (χ0n) is 11.1. The highest BCUT2D eigenvalue weighted by molar-refractivity contribution is 9.10. The number of rotatable bonds is 6. The van der Waals surface area contributed by atoms with E-state index in [1.165, 1.54) is 10.4 Å². The highest BCUT2D eigenvalue weighted by atomic mass is 79.9. The van der Waals surface area contributed by atoms with Crippen LogP contribution in [0.5, 0.6) is 0 Å². The third-order valence-corrected chi connectivity index (χ3v) is 5.88. The lowest BCUT2D eigenvalue weighted by Crippen LogP contribution is -2.38. The summed E-state index contributed by atoms with van der Waals surface area (Å²) in [5.41, 5.74) is 0. The fraction of sp³-hybridized carbons (Fsp3) is 0.462. The van der Waals surface area contributed by atoms with Crippen molar-refractivity contribution in [3.05, 3.63) is 28.7 Å². The molecule has 0 aliphatic heterocycles. The first-order chi connectivity index (χ1) is 9.46. The molecule has 2 rings (SSSR count). The fourth-order valence-electron chi connectivity index (χ4n) is 1.89. The minimum atomic E-state index is -3.70. The highest BCUT2D eigenvalue weighted by Gasteiger charge is 2.40. The Labute approximate surface area is 127 Å². The third-order valence-electron chi connectivity index (χ3n) is 2.97. The maximum Gasteiger partial charge on any atom is 0.321 e. The Bertz CT molecular complexity index is 598. The molecule has 110 valence electrons. The molecule has 20 heavy (non-hydrogen) atoms. The van der Waals surface area contributed by atoms with Crippen LogP contribution in [0.2, 0.25) is 0 Å². The first kappa shape index (κ1) is 15.5. The minimum Gasteiger partial charge on any atom is -0.465 e. The van der Waals surface area contributed by atoms with Crippen molar-refractivity contribution in [2.24, 2.45) is 0 Å². The SMILES string of the molecule is CCOC(=O)CN(C1CC1)S(=O)(=O)c1ccccc1Br. The van der Waals surface area contributed by atoms with E-state index in [1.54, 1.807) is 25.1 Å². The summed E-state index contributed by atoms with van der Waals surface area (Å²) in [5, 5.41) is 0. The van der Waals surface area contributed by atoms with Gasteiger partial charge in [-0.3, -0.25) is 4.79 Å². The number of sulfonamides is 1. The summed E-state index contributed by atoms with van der Waals surface area (Å²) < 4.78 is 31.9. The van der Waals surface area contributed by atoms with Crippen molar-refractivity contribution in [2.75, 3.05) is 13.2 Å². The first-order valence-electron chi connectivity index (χ1n) is 6.38. The van der Waals surface area contributed by atoms with E-state index in [4.69, 9.17) is 4.74 Å². The Morgan fingerprint density at radius 2 is 2.05 bits per heavy atom. The van der Waals surface area contributed by atoms with E-state index in [-0.39, 0.29) is 24.1 Å². The Balaban J connectivity index is 2.29. The number of ether oxygens (including phenoxy) is 1. The number of benzene rings is 1. The Hall–Kier alpha value is -0.920. The van der Waals surface area contributed by atoms with E-state index < -0.39 is 16.0 Å². The van der Waals surface area contributed by atoms with Gasteiger partial charge in [0.05, 0.1) is 11.5 Å². The summed E-state index contributed by atoms with van der Waals surface area (Å²) in [6.07, 6.45) is 1.56. The topological polar surface area (TPSA) is 63.7 Å². The maximum absolute atomic E-state index is 12.7. The monoisotopic (exact) mass is 361 g/mol. The molecule has 0 N–H and O–H groups in total. The van der Waals surface area contributed by atoms with Gasteiger partial charge >= 0.3 is 5.97 Å². The predicted molar refractivity (Wildman–Crippen MR) is 77.7 cm³/mol. The van der Waals surface area contributed by atoms with Gasteiger partial charge in [-0.1, -0.05) is 12.1 Å². The molecule has 1 aromatic carbocycles. The number of carbonyl (C=O) groups excluding carboxylic acids is 1. The lowest BCUT2D eigenvalue weighted by molar-refractivity contribution is -0.143. The van der Waals surface area contributed by atoms with Gasteiger partial charge < -0.3 is 4.74 Å². The molecule has 0 amide bonds. The summed E-state index contributed by atoms with van der Waals surface area (Å²) in [5.74, 6) is -0.518. The molecule has 1 fully saturated rings. The summed E-state index contributed by atoms with van der Waals surface area (Å²) in [4.78, 5) is 11.8. The van der Waals surface area contributed by atoms with Gasteiger partial charge in [-0.05, 0) is 47.8 Å². The van der Waals surface area contributed by atoms with Crippen molar-refractivity contribution in [1.82, 2.24) is 4.31 Å².